The van der Waals surface area contributed by atoms with Crippen LogP contribution < -0.4 is 9.62 Å². The number of nitrogens with one attached hydrogen (secondary N) is 1. The van der Waals surface area contributed by atoms with Gasteiger partial charge in [0.05, 0.1) is 25.7 Å². The molecular formula is C36H35Cl4N3O4S. The first kappa shape index (κ1) is 36.0. The standard InChI is InChI=1S/C36H35Cl4N3O4S/c37-27-17-19-33(32(40)22-27)43(48(46,47)29-14-8-3-9-15-29)24-35(44)42(23-26-16-18-30(38)31(39)20-26)34(21-25-10-4-1-5-11-25)36(45)41-28-12-6-2-7-13-28/h1,3-5,8-11,14-20,22,28,34H,2,6-7,12-13,21,23-24H2,(H,41,45)/t34-/m0/s1. The first-order chi connectivity index (χ1) is 23.0. The molecule has 48 heavy (non-hydrogen) atoms. The van der Waals surface area contributed by atoms with Crippen LogP contribution in [0.2, 0.25) is 20.1 Å². The zero-order chi connectivity index (χ0) is 34.3. The maximum atomic E-state index is 14.7. The first-order valence-electron chi connectivity index (χ1n) is 15.6. The predicted octanol–water partition coefficient (Wildman–Crippen LogP) is 8.58. The summed E-state index contributed by atoms with van der Waals surface area (Å²) in [6.07, 6.45) is 5.02. The number of halogens is 4. The van der Waals surface area contributed by atoms with Gasteiger partial charge in [0.25, 0.3) is 10.0 Å². The summed E-state index contributed by atoms with van der Waals surface area (Å²) in [4.78, 5) is 30.3. The van der Waals surface area contributed by atoms with Crippen LogP contribution in [0.1, 0.15) is 43.2 Å². The molecule has 0 radical (unpaired) electrons. The molecule has 0 heterocycles. The van der Waals surface area contributed by atoms with Gasteiger partial charge in [0.1, 0.15) is 12.6 Å². The van der Waals surface area contributed by atoms with Crippen molar-refractivity contribution in [3.8, 4) is 0 Å². The Kier molecular flexibility index (Phi) is 12.3. The van der Waals surface area contributed by atoms with E-state index in [1.165, 1.54) is 35.2 Å². The van der Waals surface area contributed by atoms with Gasteiger partial charge in [-0.3, -0.25) is 13.9 Å². The van der Waals surface area contributed by atoms with Crippen LogP contribution in [0.25, 0.3) is 0 Å². The van der Waals surface area contributed by atoms with Crippen molar-refractivity contribution in [1.82, 2.24) is 10.2 Å². The predicted molar refractivity (Wildman–Crippen MR) is 193 cm³/mol. The third-order valence-corrected chi connectivity index (χ3v) is 11.4. The average Bonchev–Trinajstić information content (AvgIpc) is 3.08. The van der Waals surface area contributed by atoms with Gasteiger partial charge in [-0.25, -0.2) is 8.42 Å². The van der Waals surface area contributed by atoms with Crippen molar-refractivity contribution in [2.75, 3.05) is 10.8 Å². The van der Waals surface area contributed by atoms with Crippen molar-refractivity contribution in [2.24, 2.45) is 0 Å². The van der Waals surface area contributed by atoms with E-state index in [-0.39, 0.29) is 45.5 Å². The lowest BCUT2D eigenvalue weighted by molar-refractivity contribution is -0.140. The number of hydrogen-bond donors (Lipinski definition) is 1. The van der Waals surface area contributed by atoms with Gasteiger partial charge in [-0.1, -0.05) is 120 Å². The maximum absolute atomic E-state index is 14.7. The molecule has 2 amide bonds. The zero-order valence-corrected chi connectivity index (χ0v) is 29.8. The highest BCUT2D eigenvalue weighted by atomic mass is 35.5. The summed E-state index contributed by atoms with van der Waals surface area (Å²) in [6.45, 7) is -0.694. The lowest BCUT2D eigenvalue weighted by Gasteiger charge is -2.35. The molecule has 4 aromatic carbocycles. The number of benzene rings is 4. The Morgan fingerprint density at radius 1 is 0.750 bits per heavy atom. The van der Waals surface area contributed by atoms with Gasteiger partial charge in [-0.2, -0.15) is 0 Å². The van der Waals surface area contributed by atoms with Gasteiger partial charge in [-0.05, 0) is 66.4 Å². The molecule has 252 valence electrons. The van der Waals surface area contributed by atoms with E-state index >= 15 is 0 Å². The first-order valence-corrected chi connectivity index (χ1v) is 18.6. The second-order valence-corrected chi connectivity index (χ2v) is 15.3. The maximum Gasteiger partial charge on any atom is 0.264 e. The molecule has 4 aromatic rings. The van der Waals surface area contributed by atoms with Crippen molar-refractivity contribution in [3.05, 3.63) is 128 Å². The second-order valence-electron chi connectivity index (χ2n) is 11.7. The quantitative estimate of drug-likeness (QED) is 0.157. The van der Waals surface area contributed by atoms with E-state index < -0.39 is 28.5 Å². The Bertz CT molecular complexity index is 1840. The molecule has 7 nitrogen and oxygen atoms in total. The molecule has 1 atom stereocenters. The SMILES string of the molecule is O=C(NC1CCCCC1)[C@H](Cc1ccccc1)N(Cc1ccc(Cl)c(Cl)c1)C(=O)CN(c1ccc(Cl)cc1Cl)S(=O)(=O)c1ccccc1. The normalized spacial score (nSPS) is 14.2. The lowest BCUT2D eigenvalue weighted by Crippen LogP contribution is -2.55. The Morgan fingerprint density at radius 2 is 1.42 bits per heavy atom. The fourth-order valence-electron chi connectivity index (χ4n) is 5.85. The van der Waals surface area contributed by atoms with Gasteiger partial charge in [0.2, 0.25) is 11.8 Å². The Morgan fingerprint density at radius 3 is 2.06 bits per heavy atom. The lowest BCUT2D eigenvalue weighted by atomic mass is 9.94. The molecule has 0 bridgehead atoms. The van der Waals surface area contributed by atoms with Crippen molar-refractivity contribution >= 4 is 73.9 Å². The molecule has 0 aromatic heterocycles. The van der Waals surface area contributed by atoms with Crippen LogP contribution in [0.3, 0.4) is 0 Å². The molecule has 1 aliphatic rings. The largest absolute Gasteiger partial charge is 0.352 e. The highest BCUT2D eigenvalue weighted by Gasteiger charge is 2.36. The van der Waals surface area contributed by atoms with Gasteiger partial charge < -0.3 is 10.2 Å². The van der Waals surface area contributed by atoms with E-state index in [0.29, 0.717) is 15.6 Å². The summed E-state index contributed by atoms with van der Waals surface area (Å²) in [6, 6.07) is 25.5. The number of anilines is 1. The van der Waals surface area contributed by atoms with E-state index in [9.17, 15) is 18.0 Å². The molecule has 1 fully saturated rings. The fraction of sp³-hybridized carbons (Fsp3) is 0.278. The molecule has 0 unspecified atom stereocenters. The number of sulfonamides is 1. The number of hydrogen-bond acceptors (Lipinski definition) is 4. The molecule has 1 aliphatic carbocycles. The van der Waals surface area contributed by atoms with E-state index in [0.717, 1.165) is 42.0 Å². The summed E-state index contributed by atoms with van der Waals surface area (Å²) < 4.78 is 29.3. The van der Waals surface area contributed by atoms with Crippen LogP contribution in [-0.2, 0) is 32.6 Å². The van der Waals surface area contributed by atoms with Crippen LogP contribution in [-0.4, -0.2) is 43.8 Å². The summed E-state index contributed by atoms with van der Waals surface area (Å²) in [5, 5.41) is 4.16. The molecule has 12 heteroatoms. The number of rotatable bonds is 12. The van der Waals surface area contributed by atoms with E-state index in [1.54, 1.807) is 36.4 Å². The van der Waals surface area contributed by atoms with Gasteiger partial charge in [0, 0.05) is 24.0 Å². The minimum absolute atomic E-state index is 0.0192. The van der Waals surface area contributed by atoms with E-state index in [4.69, 9.17) is 46.4 Å². The molecular weight excluding hydrogens is 712 g/mol. The zero-order valence-electron chi connectivity index (χ0n) is 26.0. The van der Waals surface area contributed by atoms with Gasteiger partial charge >= 0.3 is 0 Å². The van der Waals surface area contributed by atoms with Crippen LogP contribution in [0.15, 0.2) is 102 Å². The van der Waals surface area contributed by atoms with E-state index in [2.05, 4.69) is 5.32 Å². The van der Waals surface area contributed by atoms with Crippen molar-refractivity contribution in [2.45, 2.75) is 62.0 Å². The second kappa shape index (κ2) is 16.4. The molecule has 1 saturated carbocycles. The summed E-state index contributed by atoms with van der Waals surface area (Å²) in [7, 11) is -4.31. The van der Waals surface area contributed by atoms with Crippen LogP contribution in [0.4, 0.5) is 5.69 Å². The highest BCUT2D eigenvalue weighted by molar-refractivity contribution is 7.92. The van der Waals surface area contributed by atoms with Crippen molar-refractivity contribution < 1.29 is 18.0 Å². The summed E-state index contributed by atoms with van der Waals surface area (Å²) in [5.41, 5.74) is 1.52. The number of carbonyl (C=O) groups is 2. The summed E-state index contributed by atoms with van der Waals surface area (Å²) in [5.74, 6) is -0.938. The third kappa shape index (κ3) is 9.04. The minimum atomic E-state index is -4.31. The van der Waals surface area contributed by atoms with E-state index in [1.807, 2.05) is 30.3 Å². The topological polar surface area (TPSA) is 86.8 Å². The Hall–Kier alpha value is -3.27. The van der Waals surface area contributed by atoms with Gasteiger partial charge in [-0.15, -0.1) is 0 Å². The highest BCUT2D eigenvalue weighted by Crippen LogP contribution is 2.33. The molecule has 0 spiro atoms. The van der Waals surface area contributed by atoms with Crippen molar-refractivity contribution in [1.29, 1.82) is 0 Å². The molecule has 5 rings (SSSR count). The Balaban J connectivity index is 1.59. The third-order valence-electron chi connectivity index (χ3n) is 8.35. The van der Waals surface area contributed by atoms with Crippen LogP contribution in [0, 0.1) is 0 Å². The van der Waals surface area contributed by atoms with Crippen LogP contribution >= 0.6 is 46.4 Å². The summed E-state index contributed by atoms with van der Waals surface area (Å²) >= 11 is 25.3. The van der Waals surface area contributed by atoms with Gasteiger partial charge in [0.15, 0.2) is 0 Å². The monoisotopic (exact) mass is 745 g/mol. The number of nitrogens with zero attached hydrogens (tertiary/aromatic N) is 2. The average molecular weight is 748 g/mol. The molecule has 1 N–H and O–H groups in total. The van der Waals surface area contributed by atoms with Crippen molar-refractivity contribution in [3.63, 3.8) is 0 Å². The number of carbonyl (C=O) groups excluding carboxylic acids is 2. The minimum Gasteiger partial charge on any atom is -0.352 e. The number of amides is 2. The molecule has 0 aliphatic heterocycles. The van der Waals surface area contributed by atoms with Crippen LogP contribution in [0.5, 0.6) is 0 Å². The fourth-order valence-corrected chi connectivity index (χ4v) is 8.18. The molecule has 0 saturated heterocycles. The Labute approximate surface area is 301 Å². The smallest absolute Gasteiger partial charge is 0.264 e.